The van der Waals surface area contributed by atoms with Gasteiger partial charge in [-0.25, -0.2) is 0 Å². The number of carbonyl (C=O) groups is 1. The Labute approximate surface area is 137 Å². The number of nitrogens with one attached hydrogen (secondary N) is 1. The van der Waals surface area contributed by atoms with E-state index in [-0.39, 0.29) is 11.3 Å². The molecule has 1 aromatic rings. The van der Waals surface area contributed by atoms with Crippen LogP contribution in [0.15, 0.2) is 29.2 Å². The lowest BCUT2D eigenvalue weighted by Gasteiger charge is -2.22. The number of thioether (sulfide) groups is 1. The topological polar surface area (TPSA) is 52.9 Å². The Kier molecular flexibility index (Phi) is 4.87. The Balaban J connectivity index is 1.87. The lowest BCUT2D eigenvalue weighted by atomic mass is 9.87. The summed E-state index contributed by atoms with van der Waals surface area (Å²) in [7, 11) is 0. The van der Waals surface area contributed by atoms with Crippen molar-refractivity contribution in [2.24, 2.45) is 5.92 Å². The van der Waals surface area contributed by atoms with Gasteiger partial charge in [0.2, 0.25) is 5.91 Å². The van der Waals surface area contributed by atoms with Gasteiger partial charge in [0, 0.05) is 4.90 Å². The largest absolute Gasteiger partial charge is 0.337 e. The molecular weight excluding hydrogens is 292 g/mol. The molecule has 0 spiro atoms. The van der Waals surface area contributed by atoms with E-state index in [1.807, 2.05) is 6.92 Å². The Morgan fingerprint density at radius 2 is 1.86 bits per heavy atom. The minimum Gasteiger partial charge on any atom is -0.337 e. The summed E-state index contributed by atoms with van der Waals surface area (Å²) in [4.78, 5) is 13.1. The monoisotopic (exact) mass is 316 g/mol. The standard InChI is InChI=1S/C18H24N2OS/c1-17(2,3)13-7-9-15(10-8-13)22-11-16(21)20-18(4,12-19)14-5-6-14/h7-10,14H,5-6,11H2,1-4H3,(H,20,21). The number of hydrogen-bond donors (Lipinski definition) is 1. The minimum absolute atomic E-state index is 0.0687. The molecule has 0 bridgehead atoms. The highest BCUT2D eigenvalue weighted by atomic mass is 32.2. The van der Waals surface area contributed by atoms with Crippen molar-refractivity contribution >= 4 is 17.7 Å². The molecule has 1 aliphatic rings. The van der Waals surface area contributed by atoms with Crippen LogP contribution in [-0.2, 0) is 10.2 Å². The van der Waals surface area contributed by atoms with E-state index in [4.69, 9.17) is 0 Å². The summed E-state index contributed by atoms with van der Waals surface area (Å²) in [6.07, 6.45) is 2.07. The minimum atomic E-state index is -0.701. The Hall–Kier alpha value is -1.47. The predicted molar refractivity (Wildman–Crippen MR) is 90.8 cm³/mol. The SMILES string of the molecule is CC(C)(C)c1ccc(SCC(=O)NC(C)(C#N)C2CC2)cc1. The second-order valence-electron chi connectivity index (χ2n) is 7.20. The molecule has 118 valence electrons. The van der Waals surface area contributed by atoms with Crippen molar-refractivity contribution in [3.63, 3.8) is 0 Å². The summed E-state index contributed by atoms with van der Waals surface area (Å²) in [5.74, 6) is 0.595. The normalized spacial score (nSPS) is 17.4. The highest BCUT2D eigenvalue weighted by Gasteiger charge is 2.42. The molecule has 1 N–H and O–H groups in total. The smallest absolute Gasteiger partial charge is 0.231 e. The van der Waals surface area contributed by atoms with Crippen LogP contribution in [0.1, 0.15) is 46.1 Å². The molecular formula is C18H24N2OS. The average Bonchev–Trinajstić information content (AvgIpc) is 3.29. The summed E-state index contributed by atoms with van der Waals surface area (Å²) < 4.78 is 0. The molecule has 0 aromatic heterocycles. The van der Waals surface area contributed by atoms with Gasteiger partial charge in [-0.05, 0) is 48.8 Å². The predicted octanol–water partition coefficient (Wildman–Crippen LogP) is 3.88. The van der Waals surface area contributed by atoms with Gasteiger partial charge >= 0.3 is 0 Å². The maximum atomic E-state index is 12.1. The van der Waals surface area contributed by atoms with E-state index in [2.05, 4.69) is 56.4 Å². The molecule has 2 rings (SSSR count). The van der Waals surface area contributed by atoms with Gasteiger partial charge in [-0.1, -0.05) is 32.9 Å². The molecule has 22 heavy (non-hydrogen) atoms. The third kappa shape index (κ3) is 4.27. The van der Waals surface area contributed by atoms with Gasteiger partial charge in [0.15, 0.2) is 0 Å². The maximum Gasteiger partial charge on any atom is 0.231 e. The summed E-state index contributed by atoms with van der Waals surface area (Å²) in [5.41, 5.74) is 0.722. The Morgan fingerprint density at radius 1 is 1.27 bits per heavy atom. The molecule has 4 heteroatoms. The molecule has 0 heterocycles. The fourth-order valence-electron chi connectivity index (χ4n) is 2.41. The molecule has 0 saturated heterocycles. The summed E-state index contributed by atoms with van der Waals surface area (Å²) in [6.45, 7) is 8.38. The first-order valence-corrected chi connectivity index (χ1v) is 8.69. The number of carbonyl (C=O) groups excluding carboxylic acids is 1. The number of nitrogens with zero attached hydrogens (tertiary/aromatic N) is 1. The molecule has 3 nitrogen and oxygen atoms in total. The van der Waals surface area contributed by atoms with Crippen LogP contribution in [0, 0.1) is 17.2 Å². The zero-order valence-corrected chi connectivity index (χ0v) is 14.6. The average molecular weight is 316 g/mol. The first kappa shape index (κ1) is 16.9. The maximum absolute atomic E-state index is 12.1. The molecule has 1 aromatic carbocycles. The molecule has 1 unspecified atom stereocenters. The molecule has 0 aliphatic heterocycles. The van der Waals surface area contributed by atoms with Crippen molar-refractivity contribution < 1.29 is 4.79 Å². The number of amides is 1. The quantitative estimate of drug-likeness (QED) is 0.839. The van der Waals surface area contributed by atoms with Gasteiger partial charge in [0.05, 0.1) is 11.8 Å². The van der Waals surface area contributed by atoms with Crippen LogP contribution in [0.4, 0.5) is 0 Å². The van der Waals surface area contributed by atoms with Crippen molar-refractivity contribution in [2.75, 3.05) is 5.75 Å². The zero-order valence-electron chi connectivity index (χ0n) is 13.8. The van der Waals surface area contributed by atoms with Crippen molar-refractivity contribution in [3.05, 3.63) is 29.8 Å². The first-order valence-electron chi connectivity index (χ1n) is 7.70. The molecule has 1 fully saturated rings. The van der Waals surface area contributed by atoms with Gasteiger partial charge in [-0.2, -0.15) is 5.26 Å². The van der Waals surface area contributed by atoms with Gasteiger partial charge in [-0.15, -0.1) is 11.8 Å². The van der Waals surface area contributed by atoms with Crippen LogP contribution >= 0.6 is 11.8 Å². The van der Waals surface area contributed by atoms with Crippen LogP contribution < -0.4 is 5.32 Å². The number of hydrogen-bond acceptors (Lipinski definition) is 3. The van der Waals surface area contributed by atoms with E-state index >= 15 is 0 Å². The van der Waals surface area contributed by atoms with E-state index in [1.54, 1.807) is 0 Å². The van der Waals surface area contributed by atoms with Gasteiger partial charge < -0.3 is 5.32 Å². The molecule has 1 saturated carbocycles. The van der Waals surface area contributed by atoms with Crippen molar-refractivity contribution in [1.82, 2.24) is 5.32 Å². The zero-order chi connectivity index (χ0) is 16.4. The summed E-state index contributed by atoms with van der Waals surface area (Å²) in [5, 5.41) is 12.2. The first-order chi connectivity index (χ1) is 10.2. The van der Waals surface area contributed by atoms with Gasteiger partial charge in [-0.3, -0.25) is 4.79 Å². The number of nitriles is 1. The van der Waals surface area contributed by atoms with Crippen LogP contribution in [0.5, 0.6) is 0 Å². The van der Waals surface area contributed by atoms with Crippen LogP contribution in [-0.4, -0.2) is 17.2 Å². The van der Waals surface area contributed by atoms with E-state index in [0.717, 1.165) is 17.7 Å². The molecule has 1 atom stereocenters. The highest BCUT2D eigenvalue weighted by molar-refractivity contribution is 8.00. The van der Waals surface area contributed by atoms with Crippen molar-refractivity contribution in [1.29, 1.82) is 5.26 Å². The van der Waals surface area contributed by atoms with Crippen molar-refractivity contribution in [3.8, 4) is 6.07 Å². The molecule has 1 amide bonds. The fourth-order valence-corrected chi connectivity index (χ4v) is 3.11. The van der Waals surface area contributed by atoms with Crippen LogP contribution in [0.3, 0.4) is 0 Å². The lowest BCUT2D eigenvalue weighted by Crippen LogP contribution is -2.47. The second kappa shape index (κ2) is 6.34. The van der Waals surface area contributed by atoms with Gasteiger partial charge in [0.25, 0.3) is 0 Å². The Bertz CT molecular complexity index is 579. The van der Waals surface area contributed by atoms with E-state index in [9.17, 15) is 10.1 Å². The van der Waals surface area contributed by atoms with E-state index < -0.39 is 5.54 Å². The van der Waals surface area contributed by atoms with Crippen LogP contribution in [0.25, 0.3) is 0 Å². The van der Waals surface area contributed by atoms with Crippen LogP contribution in [0.2, 0.25) is 0 Å². The second-order valence-corrected chi connectivity index (χ2v) is 8.25. The summed E-state index contributed by atoms with van der Waals surface area (Å²) >= 11 is 1.51. The van der Waals surface area contributed by atoms with E-state index in [0.29, 0.717) is 11.7 Å². The third-order valence-electron chi connectivity index (χ3n) is 4.12. The highest BCUT2D eigenvalue weighted by Crippen LogP contribution is 2.39. The third-order valence-corrected chi connectivity index (χ3v) is 5.13. The van der Waals surface area contributed by atoms with E-state index in [1.165, 1.54) is 17.3 Å². The number of rotatable bonds is 5. The summed E-state index contributed by atoms with van der Waals surface area (Å²) in [6, 6.07) is 10.6. The molecule has 0 radical (unpaired) electrons. The fraction of sp³-hybridized carbons (Fsp3) is 0.556. The Morgan fingerprint density at radius 3 is 2.32 bits per heavy atom. The number of benzene rings is 1. The molecule has 1 aliphatic carbocycles. The van der Waals surface area contributed by atoms with Gasteiger partial charge in [0.1, 0.15) is 5.54 Å². The van der Waals surface area contributed by atoms with Crippen molar-refractivity contribution in [2.45, 2.75) is 56.4 Å². The lowest BCUT2D eigenvalue weighted by molar-refractivity contribution is -0.119.